The fourth-order valence-corrected chi connectivity index (χ4v) is 3.70. The van der Waals surface area contributed by atoms with E-state index in [2.05, 4.69) is 34.3 Å². The third-order valence-electron chi connectivity index (χ3n) is 5.43. The molecule has 1 aliphatic heterocycles. The van der Waals surface area contributed by atoms with Crippen LogP contribution >= 0.6 is 0 Å². The van der Waals surface area contributed by atoms with E-state index in [0.717, 1.165) is 68.5 Å². The average molecular weight is 366 g/mol. The molecule has 1 saturated heterocycles. The zero-order chi connectivity index (χ0) is 18.6. The number of carbonyl (C=O) groups is 1. The number of aromatic nitrogens is 2. The van der Waals surface area contributed by atoms with Crippen LogP contribution in [0.2, 0.25) is 0 Å². The van der Waals surface area contributed by atoms with Crippen LogP contribution in [0.15, 0.2) is 30.5 Å². The second-order valence-electron chi connectivity index (χ2n) is 7.22. The summed E-state index contributed by atoms with van der Waals surface area (Å²) in [7, 11) is 0. The van der Waals surface area contributed by atoms with E-state index in [4.69, 9.17) is 9.72 Å². The molecule has 27 heavy (non-hydrogen) atoms. The Bertz CT molecular complexity index is 800. The third kappa shape index (κ3) is 4.11. The van der Waals surface area contributed by atoms with E-state index in [-0.39, 0.29) is 11.8 Å². The van der Waals surface area contributed by atoms with E-state index in [1.807, 2.05) is 18.3 Å². The van der Waals surface area contributed by atoms with Gasteiger partial charge in [0, 0.05) is 36.6 Å². The van der Waals surface area contributed by atoms with Crippen LogP contribution < -0.4 is 10.2 Å². The van der Waals surface area contributed by atoms with Gasteiger partial charge in [-0.3, -0.25) is 4.79 Å². The number of anilines is 2. The lowest BCUT2D eigenvalue weighted by molar-refractivity contribution is -0.120. The molecule has 1 aliphatic carbocycles. The van der Waals surface area contributed by atoms with Gasteiger partial charge in [-0.15, -0.1) is 0 Å². The number of amides is 1. The smallest absolute Gasteiger partial charge is 0.227 e. The summed E-state index contributed by atoms with van der Waals surface area (Å²) in [5.74, 6) is 0.847. The fraction of sp³-hybridized carbons (Fsp3) is 0.476. The lowest BCUT2D eigenvalue weighted by atomic mass is 9.86. The first-order valence-corrected chi connectivity index (χ1v) is 9.80. The summed E-state index contributed by atoms with van der Waals surface area (Å²) in [5.41, 5.74) is 4.32. The van der Waals surface area contributed by atoms with Gasteiger partial charge in [-0.05, 0) is 48.9 Å². The highest BCUT2D eigenvalue weighted by Gasteiger charge is 2.27. The van der Waals surface area contributed by atoms with Gasteiger partial charge in [0.1, 0.15) is 0 Å². The molecule has 1 amide bonds. The molecule has 1 fully saturated rings. The van der Waals surface area contributed by atoms with Gasteiger partial charge in [0.2, 0.25) is 11.9 Å². The number of ether oxygens (including phenoxy) is 1. The Balaban J connectivity index is 1.40. The van der Waals surface area contributed by atoms with Crippen LogP contribution in [0.4, 0.5) is 11.6 Å². The quantitative estimate of drug-likeness (QED) is 0.901. The topological polar surface area (TPSA) is 67.4 Å². The largest absolute Gasteiger partial charge is 0.378 e. The molecular weight excluding hydrogens is 340 g/mol. The second kappa shape index (κ2) is 8.05. The van der Waals surface area contributed by atoms with Crippen LogP contribution in [0.5, 0.6) is 0 Å². The van der Waals surface area contributed by atoms with Gasteiger partial charge in [-0.25, -0.2) is 9.97 Å². The molecule has 4 rings (SSSR count). The van der Waals surface area contributed by atoms with Crippen molar-refractivity contribution in [3.05, 3.63) is 47.3 Å². The van der Waals surface area contributed by atoms with Crippen LogP contribution in [0, 0.1) is 5.92 Å². The van der Waals surface area contributed by atoms with Crippen LogP contribution in [0.25, 0.3) is 0 Å². The Morgan fingerprint density at radius 2 is 2.04 bits per heavy atom. The fourth-order valence-electron chi connectivity index (χ4n) is 3.70. The number of nitrogens with zero attached hydrogens (tertiary/aromatic N) is 3. The molecule has 2 aliphatic rings. The average Bonchev–Trinajstić information content (AvgIpc) is 2.74. The second-order valence-corrected chi connectivity index (χ2v) is 7.22. The molecule has 1 aromatic carbocycles. The highest BCUT2D eigenvalue weighted by Crippen LogP contribution is 2.26. The highest BCUT2D eigenvalue weighted by atomic mass is 16.5. The van der Waals surface area contributed by atoms with E-state index in [9.17, 15) is 4.79 Å². The summed E-state index contributed by atoms with van der Waals surface area (Å²) in [4.78, 5) is 24.1. The Labute approximate surface area is 160 Å². The maximum Gasteiger partial charge on any atom is 0.227 e. The lowest BCUT2D eigenvalue weighted by Crippen LogP contribution is -2.38. The van der Waals surface area contributed by atoms with Crippen molar-refractivity contribution in [2.75, 3.05) is 36.5 Å². The minimum absolute atomic E-state index is 0.0267. The van der Waals surface area contributed by atoms with Crippen LogP contribution in [0.3, 0.4) is 0 Å². The van der Waals surface area contributed by atoms with Crippen molar-refractivity contribution in [3.8, 4) is 0 Å². The van der Waals surface area contributed by atoms with E-state index in [1.165, 1.54) is 5.56 Å². The van der Waals surface area contributed by atoms with E-state index < -0.39 is 0 Å². The number of morpholine rings is 1. The first-order chi connectivity index (χ1) is 13.2. The number of carbonyl (C=O) groups excluding carboxylic acids is 1. The molecule has 0 saturated carbocycles. The summed E-state index contributed by atoms with van der Waals surface area (Å²) in [6.07, 6.45) is 5.26. The number of aryl methyl sites for hydroxylation is 2. The van der Waals surface area contributed by atoms with Crippen molar-refractivity contribution in [1.82, 2.24) is 9.97 Å². The molecule has 1 atom stereocenters. The Morgan fingerprint density at radius 3 is 2.78 bits per heavy atom. The number of benzene rings is 1. The maximum atomic E-state index is 12.7. The van der Waals surface area contributed by atoms with E-state index in [0.29, 0.717) is 6.42 Å². The molecule has 0 radical (unpaired) electrons. The van der Waals surface area contributed by atoms with Gasteiger partial charge >= 0.3 is 0 Å². The van der Waals surface area contributed by atoms with Gasteiger partial charge in [0.05, 0.1) is 13.2 Å². The molecule has 1 aromatic heterocycles. The first-order valence-electron chi connectivity index (χ1n) is 9.80. The zero-order valence-corrected chi connectivity index (χ0v) is 15.8. The van der Waals surface area contributed by atoms with Crippen molar-refractivity contribution in [3.63, 3.8) is 0 Å². The summed E-state index contributed by atoms with van der Waals surface area (Å²) in [6.45, 7) is 5.24. The van der Waals surface area contributed by atoms with Gasteiger partial charge in [-0.2, -0.15) is 0 Å². The molecule has 2 heterocycles. The minimum Gasteiger partial charge on any atom is -0.378 e. The van der Waals surface area contributed by atoms with Crippen LogP contribution in [0.1, 0.15) is 30.2 Å². The standard InChI is InChI=1S/C21H26N4O2/c1-2-15-3-6-18(7-4-15)23-20(26)16-5-8-19-17(13-16)14-22-21(24-19)25-9-11-27-12-10-25/h3-4,6-7,14,16H,2,5,8-13H2,1H3,(H,23,26). The first kappa shape index (κ1) is 17.9. The summed E-state index contributed by atoms with van der Waals surface area (Å²) < 4.78 is 5.39. The van der Waals surface area contributed by atoms with Crippen molar-refractivity contribution in [1.29, 1.82) is 0 Å². The monoisotopic (exact) mass is 366 g/mol. The molecule has 0 bridgehead atoms. The molecule has 142 valence electrons. The number of hydrogen-bond acceptors (Lipinski definition) is 5. The lowest BCUT2D eigenvalue weighted by Gasteiger charge is -2.28. The SMILES string of the molecule is CCc1ccc(NC(=O)C2CCc3nc(N4CCOCC4)ncc3C2)cc1. The Kier molecular flexibility index (Phi) is 5.34. The minimum atomic E-state index is -0.0267. The molecular formula is C21H26N4O2. The number of fused-ring (bicyclic) bond motifs is 1. The van der Waals surface area contributed by atoms with E-state index >= 15 is 0 Å². The van der Waals surface area contributed by atoms with Gasteiger partial charge in [-0.1, -0.05) is 19.1 Å². The molecule has 1 unspecified atom stereocenters. The van der Waals surface area contributed by atoms with Crippen molar-refractivity contribution >= 4 is 17.5 Å². The van der Waals surface area contributed by atoms with Gasteiger partial charge < -0.3 is 15.0 Å². The third-order valence-corrected chi connectivity index (χ3v) is 5.43. The molecule has 1 N–H and O–H groups in total. The van der Waals surface area contributed by atoms with Crippen molar-refractivity contribution in [2.24, 2.45) is 5.92 Å². The number of nitrogens with one attached hydrogen (secondary N) is 1. The molecule has 0 spiro atoms. The molecule has 6 nitrogen and oxygen atoms in total. The highest BCUT2D eigenvalue weighted by molar-refractivity contribution is 5.92. The maximum absolute atomic E-state index is 12.7. The summed E-state index contributed by atoms with van der Waals surface area (Å²) in [5, 5.41) is 3.05. The van der Waals surface area contributed by atoms with E-state index in [1.54, 1.807) is 0 Å². The zero-order valence-electron chi connectivity index (χ0n) is 15.8. The molecule has 6 heteroatoms. The predicted octanol–water partition coefficient (Wildman–Crippen LogP) is 2.62. The predicted molar refractivity (Wildman–Crippen MR) is 105 cm³/mol. The van der Waals surface area contributed by atoms with Crippen LogP contribution in [-0.4, -0.2) is 42.2 Å². The Hall–Kier alpha value is -2.47. The van der Waals surface area contributed by atoms with Gasteiger partial charge in [0.15, 0.2) is 0 Å². The van der Waals surface area contributed by atoms with Crippen molar-refractivity contribution in [2.45, 2.75) is 32.6 Å². The van der Waals surface area contributed by atoms with Gasteiger partial charge in [0.25, 0.3) is 0 Å². The number of rotatable bonds is 4. The van der Waals surface area contributed by atoms with Crippen LogP contribution in [-0.2, 0) is 28.8 Å². The van der Waals surface area contributed by atoms with Crippen molar-refractivity contribution < 1.29 is 9.53 Å². The normalized spacial score (nSPS) is 19.4. The Morgan fingerprint density at radius 1 is 1.26 bits per heavy atom. The molecule has 2 aromatic rings. The summed E-state index contributed by atoms with van der Waals surface area (Å²) >= 11 is 0. The summed E-state index contributed by atoms with van der Waals surface area (Å²) in [6, 6.07) is 8.08. The number of hydrogen-bond donors (Lipinski definition) is 1.